The lowest BCUT2D eigenvalue weighted by Crippen LogP contribution is -2.48. The van der Waals surface area contributed by atoms with Gasteiger partial charge in [0.15, 0.2) is 0 Å². The second-order valence-electron chi connectivity index (χ2n) is 6.54. The maximum absolute atomic E-state index is 4.33. The molecule has 0 N–H and O–H groups in total. The van der Waals surface area contributed by atoms with E-state index in [9.17, 15) is 0 Å². The summed E-state index contributed by atoms with van der Waals surface area (Å²) in [6.45, 7) is 11.8. The molecular formula is C14H21N5S. The van der Waals surface area contributed by atoms with E-state index in [2.05, 4.69) is 58.5 Å². The summed E-state index contributed by atoms with van der Waals surface area (Å²) in [4.78, 5) is 6.59. The van der Waals surface area contributed by atoms with Crippen LogP contribution in [0.1, 0.15) is 31.6 Å². The topological polar surface area (TPSA) is 46.8 Å². The first kappa shape index (κ1) is 13.5. The number of hydrogen-bond acceptors (Lipinski definition) is 5. The number of aromatic nitrogens is 4. The molecule has 0 unspecified atom stereocenters. The van der Waals surface area contributed by atoms with Crippen LogP contribution in [0, 0.1) is 12.8 Å². The molecule has 0 saturated carbocycles. The zero-order valence-corrected chi connectivity index (χ0v) is 13.3. The van der Waals surface area contributed by atoms with Crippen molar-refractivity contribution in [1.29, 1.82) is 0 Å². The number of rotatable bonds is 3. The zero-order chi connectivity index (χ0) is 14.3. The second-order valence-corrected chi connectivity index (χ2v) is 7.49. The van der Waals surface area contributed by atoms with Gasteiger partial charge in [0.25, 0.3) is 0 Å². The Hall–Kier alpha value is -1.43. The Balaban J connectivity index is 1.58. The minimum Gasteiger partial charge on any atom is -0.346 e. The molecule has 0 aliphatic carbocycles. The van der Waals surface area contributed by atoms with E-state index in [0.717, 1.165) is 35.6 Å². The van der Waals surface area contributed by atoms with Crippen LogP contribution < -0.4 is 4.90 Å². The molecule has 3 heterocycles. The normalized spacial score (nSPS) is 16.5. The first-order chi connectivity index (χ1) is 9.43. The van der Waals surface area contributed by atoms with Crippen molar-refractivity contribution in [3.05, 3.63) is 23.2 Å². The van der Waals surface area contributed by atoms with Crippen LogP contribution in [0.4, 0.5) is 5.13 Å². The van der Waals surface area contributed by atoms with Crippen molar-refractivity contribution >= 4 is 16.5 Å². The Morgan fingerprint density at radius 1 is 1.30 bits per heavy atom. The van der Waals surface area contributed by atoms with Crippen LogP contribution in [0.2, 0.25) is 0 Å². The van der Waals surface area contributed by atoms with E-state index >= 15 is 0 Å². The van der Waals surface area contributed by atoms with Crippen LogP contribution in [-0.2, 0) is 12.0 Å². The van der Waals surface area contributed by atoms with Crippen LogP contribution in [0.5, 0.6) is 0 Å². The fraction of sp³-hybridized carbons (Fsp3) is 0.643. The Morgan fingerprint density at radius 3 is 2.60 bits per heavy atom. The summed E-state index contributed by atoms with van der Waals surface area (Å²) in [5, 5.41) is 10.8. The Morgan fingerprint density at radius 2 is 2.05 bits per heavy atom. The smallest absolute Gasteiger partial charge is 0.208 e. The lowest BCUT2D eigenvalue weighted by atomic mass is 9.98. The minimum atomic E-state index is 0.0914. The molecule has 1 saturated heterocycles. The highest BCUT2D eigenvalue weighted by atomic mass is 32.1. The van der Waals surface area contributed by atoms with Gasteiger partial charge in [0.05, 0.1) is 0 Å². The van der Waals surface area contributed by atoms with Crippen LogP contribution >= 0.6 is 11.3 Å². The molecule has 0 atom stereocenters. The average molecular weight is 291 g/mol. The summed E-state index contributed by atoms with van der Waals surface area (Å²) in [5.74, 6) is 1.78. The Labute approximate surface area is 123 Å². The maximum atomic E-state index is 4.33. The van der Waals surface area contributed by atoms with Gasteiger partial charge < -0.3 is 9.47 Å². The van der Waals surface area contributed by atoms with E-state index in [4.69, 9.17) is 0 Å². The largest absolute Gasteiger partial charge is 0.346 e. The quantitative estimate of drug-likeness (QED) is 0.871. The van der Waals surface area contributed by atoms with Gasteiger partial charge in [-0.15, -0.1) is 10.2 Å². The van der Waals surface area contributed by atoms with Crippen molar-refractivity contribution < 1.29 is 0 Å². The van der Waals surface area contributed by atoms with Gasteiger partial charge in [0.1, 0.15) is 10.8 Å². The Bertz CT molecular complexity index is 589. The molecule has 6 heteroatoms. The van der Waals surface area contributed by atoms with Gasteiger partial charge in [0.2, 0.25) is 5.13 Å². The Kier molecular flexibility index (Phi) is 3.28. The molecule has 1 fully saturated rings. The summed E-state index contributed by atoms with van der Waals surface area (Å²) in [6, 6.07) is 0. The first-order valence-corrected chi connectivity index (χ1v) is 7.82. The van der Waals surface area contributed by atoms with Gasteiger partial charge >= 0.3 is 0 Å². The third-order valence-corrected chi connectivity index (χ3v) is 5.07. The number of anilines is 1. The van der Waals surface area contributed by atoms with Crippen molar-refractivity contribution in [2.24, 2.45) is 5.92 Å². The second kappa shape index (κ2) is 4.84. The van der Waals surface area contributed by atoms with E-state index in [1.807, 2.05) is 6.20 Å². The van der Waals surface area contributed by atoms with Crippen LogP contribution in [0.3, 0.4) is 0 Å². The lowest BCUT2D eigenvalue weighted by Gasteiger charge is -2.39. The molecule has 20 heavy (non-hydrogen) atoms. The first-order valence-electron chi connectivity index (χ1n) is 7.00. The van der Waals surface area contributed by atoms with E-state index < -0.39 is 0 Å². The van der Waals surface area contributed by atoms with Crippen molar-refractivity contribution in [2.75, 3.05) is 18.0 Å². The molecule has 1 aliphatic rings. The molecule has 0 aromatic carbocycles. The number of hydrogen-bond donors (Lipinski definition) is 0. The van der Waals surface area contributed by atoms with Gasteiger partial charge in [0, 0.05) is 43.4 Å². The minimum absolute atomic E-state index is 0.0914. The molecule has 0 bridgehead atoms. The van der Waals surface area contributed by atoms with Gasteiger partial charge in [-0.2, -0.15) is 0 Å². The van der Waals surface area contributed by atoms with Gasteiger partial charge in [-0.1, -0.05) is 32.1 Å². The van der Waals surface area contributed by atoms with Crippen LogP contribution in [0.15, 0.2) is 12.4 Å². The van der Waals surface area contributed by atoms with Crippen molar-refractivity contribution in [2.45, 2.75) is 39.7 Å². The summed E-state index contributed by atoms with van der Waals surface area (Å²) < 4.78 is 2.22. The molecular weight excluding hydrogens is 270 g/mol. The maximum Gasteiger partial charge on any atom is 0.208 e. The summed E-state index contributed by atoms with van der Waals surface area (Å²) in [7, 11) is 0. The van der Waals surface area contributed by atoms with Crippen LogP contribution in [0.25, 0.3) is 0 Å². The van der Waals surface area contributed by atoms with E-state index in [1.54, 1.807) is 11.3 Å². The predicted octanol–water partition coefficient (Wildman–Crippen LogP) is 2.48. The zero-order valence-electron chi connectivity index (χ0n) is 12.5. The predicted molar refractivity (Wildman–Crippen MR) is 81.3 cm³/mol. The highest BCUT2D eigenvalue weighted by Crippen LogP contribution is 2.33. The molecule has 2 aromatic heterocycles. The highest BCUT2D eigenvalue weighted by Gasteiger charge is 2.31. The fourth-order valence-corrected chi connectivity index (χ4v) is 3.28. The molecule has 5 nitrogen and oxygen atoms in total. The van der Waals surface area contributed by atoms with Gasteiger partial charge in [-0.25, -0.2) is 4.98 Å². The summed E-state index contributed by atoms with van der Waals surface area (Å²) in [5.41, 5.74) is 0.0914. The van der Waals surface area contributed by atoms with E-state index in [1.165, 1.54) is 0 Å². The third kappa shape index (κ3) is 2.57. The van der Waals surface area contributed by atoms with E-state index in [-0.39, 0.29) is 5.41 Å². The molecule has 1 aliphatic heterocycles. The van der Waals surface area contributed by atoms with E-state index in [0.29, 0.717) is 5.92 Å². The molecule has 0 spiro atoms. The monoisotopic (exact) mass is 291 g/mol. The standard InChI is InChI=1S/C14H21N5S/c1-10-15-5-6-18(10)7-11-8-19(9-11)13-17-16-12(20-13)14(2,3)4/h5-6,11H,7-9H2,1-4H3. The fourth-order valence-electron chi connectivity index (χ4n) is 2.36. The molecule has 0 amide bonds. The summed E-state index contributed by atoms with van der Waals surface area (Å²) in [6.07, 6.45) is 3.92. The molecule has 0 radical (unpaired) electrons. The van der Waals surface area contributed by atoms with Gasteiger partial charge in [-0.3, -0.25) is 0 Å². The average Bonchev–Trinajstić information content (AvgIpc) is 2.91. The highest BCUT2D eigenvalue weighted by molar-refractivity contribution is 7.15. The van der Waals surface area contributed by atoms with Crippen molar-refractivity contribution in [3.63, 3.8) is 0 Å². The SMILES string of the molecule is Cc1nccn1CC1CN(c2nnc(C(C)(C)C)s2)C1. The number of nitrogens with zero attached hydrogens (tertiary/aromatic N) is 5. The van der Waals surface area contributed by atoms with Crippen molar-refractivity contribution in [1.82, 2.24) is 19.7 Å². The third-order valence-electron chi connectivity index (χ3n) is 3.66. The summed E-state index contributed by atoms with van der Waals surface area (Å²) >= 11 is 1.72. The number of imidazole rings is 1. The number of aryl methyl sites for hydroxylation is 1. The lowest BCUT2D eigenvalue weighted by molar-refractivity contribution is 0.354. The van der Waals surface area contributed by atoms with Crippen molar-refractivity contribution in [3.8, 4) is 0 Å². The molecule has 2 aromatic rings. The molecule has 108 valence electrons. The van der Waals surface area contributed by atoms with Gasteiger partial charge in [-0.05, 0) is 6.92 Å². The van der Waals surface area contributed by atoms with Crippen LogP contribution in [-0.4, -0.2) is 32.8 Å². The molecule has 3 rings (SSSR count).